The number of carbonyl (C=O) groups is 1. The van der Waals surface area contributed by atoms with Crippen LogP contribution < -0.4 is 11.1 Å². The molecule has 1 rings (SSSR count). The van der Waals surface area contributed by atoms with E-state index in [0.29, 0.717) is 6.42 Å². The molecule has 1 aromatic rings. The molecule has 0 bridgehead atoms. The predicted molar refractivity (Wildman–Crippen MR) is 66.3 cm³/mol. The number of amides is 1. The topological polar surface area (TPSA) is 68.0 Å². The fourth-order valence-electron chi connectivity index (χ4n) is 1.25. The van der Waals surface area contributed by atoms with Crippen LogP contribution in [0.2, 0.25) is 0 Å². The summed E-state index contributed by atoms with van der Waals surface area (Å²) in [6, 6.07) is -0.483. The first-order valence-corrected chi connectivity index (χ1v) is 6.40. The van der Waals surface area contributed by atoms with Gasteiger partial charge in [-0.1, -0.05) is 13.8 Å². The molecule has 0 radical (unpaired) electrons. The molecule has 1 aromatic heterocycles. The second-order valence-corrected chi connectivity index (χ2v) is 4.91. The molecule has 2 atom stereocenters. The van der Waals surface area contributed by atoms with Crippen molar-refractivity contribution in [1.29, 1.82) is 0 Å². The first-order chi connectivity index (χ1) is 7.58. The van der Waals surface area contributed by atoms with Gasteiger partial charge in [-0.15, -0.1) is 11.3 Å². The highest BCUT2D eigenvalue weighted by Crippen LogP contribution is 2.20. The van der Waals surface area contributed by atoms with E-state index in [2.05, 4.69) is 17.2 Å². The van der Waals surface area contributed by atoms with Gasteiger partial charge in [0, 0.05) is 11.1 Å². The summed E-state index contributed by atoms with van der Waals surface area (Å²) in [4.78, 5) is 17.1. The van der Waals surface area contributed by atoms with E-state index >= 15 is 0 Å². The second kappa shape index (κ2) is 5.96. The molecule has 0 saturated heterocycles. The van der Waals surface area contributed by atoms with Gasteiger partial charge in [-0.3, -0.25) is 4.79 Å². The fourth-order valence-corrected chi connectivity index (χ4v) is 2.11. The van der Waals surface area contributed by atoms with Crippen molar-refractivity contribution in [1.82, 2.24) is 10.3 Å². The molecule has 0 spiro atoms. The van der Waals surface area contributed by atoms with E-state index in [-0.39, 0.29) is 11.9 Å². The Kier molecular flexibility index (Phi) is 4.89. The lowest BCUT2D eigenvalue weighted by molar-refractivity contribution is -0.123. The fraction of sp³-hybridized carbons (Fsp3) is 0.636. The number of nitrogens with zero attached hydrogens (tertiary/aromatic N) is 1. The number of nitrogens with two attached hydrogens (primary N) is 1. The summed E-state index contributed by atoms with van der Waals surface area (Å²) in [5.74, 6) is -0.108. The minimum absolute atomic E-state index is 0.0598. The minimum atomic E-state index is -0.423. The Balaban J connectivity index is 2.58. The largest absolute Gasteiger partial charge is 0.346 e. The molecule has 0 aliphatic rings. The summed E-state index contributed by atoms with van der Waals surface area (Å²) < 4.78 is 0. The Morgan fingerprint density at radius 1 is 1.62 bits per heavy atom. The van der Waals surface area contributed by atoms with Crippen molar-refractivity contribution < 1.29 is 4.79 Å². The van der Waals surface area contributed by atoms with Gasteiger partial charge in [0.15, 0.2) is 0 Å². The first kappa shape index (κ1) is 13.1. The number of hydrogen-bond acceptors (Lipinski definition) is 4. The van der Waals surface area contributed by atoms with Crippen LogP contribution in [0.15, 0.2) is 6.20 Å². The molecule has 16 heavy (non-hydrogen) atoms. The maximum absolute atomic E-state index is 11.6. The van der Waals surface area contributed by atoms with Gasteiger partial charge in [-0.05, 0) is 19.8 Å². The van der Waals surface area contributed by atoms with Crippen LogP contribution in [0.1, 0.15) is 43.1 Å². The first-order valence-electron chi connectivity index (χ1n) is 5.59. The van der Waals surface area contributed by atoms with Crippen molar-refractivity contribution in [3.05, 3.63) is 16.1 Å². The lowest BCUT2D eigenvalue weighted by Gasteiger charge is -2.14. The highest BCUT2D eigenvalue weighted by molar-refractivity contribution is 7.11. The van der Waals surface area contributed by atoms with Gasteiger partial charge < -0.3 is 11.1 Å². The van der Waals surface area contributed by atoms with Gasteiger partial charge in [0.05, 0.1) is 12.1 Å². The molecule has 3 N–H and O–H groups in total. The van der Waals surface area contributed by atoms with E-state index in [0.717, 1.165) is 11.4 Å². The quantitative estimate of drug-likeness (QED) is 0.823. The summed E-state index contributed by atoms with van der Waals surface area (Å²) in [6.07, 6.45) is 3.49. The van der Waals surface area contributed by atoms with E-state index in [4.69, 9.17) is 5.73 Å². The summed E-state index contributed by atoms with van der Waals surface area (Å²) in [5, 5.41) is 3.81. The number of rotatable bonds is 5. The predicted octanol–water partition coefficient (Wildman–Crippen LogP) is 1.62. The van der Waals surface area contributed by atoms with Crippen molar-refractivity contribution in [2.24, 2.45) is 5.73 Å². The minimum Gasteiger partial charge on any atom is -0.346 e. The molecule has 4 nitrogen and oxygen atoms in total. The highest BCUT2D eigenvalue weighted by atomic mass is 32.1. The average molecular weight is 241 g/mol. The molecule has 90 valence electrons. The van der Waals surface area contributed by atoms with Crippen molar-refractivity contribution in [2.45, 2.75) is 45.7 Å². The smallest absolute Gasteiger partial charge is 0.237 e. The van der Waals surface area contributed by atoms with Gasteiger partial charge in [-0.2, -0.15) is 0 Å². The molecular weight excluding hydrogens is 222 g/mol. The lowest BCUT2D eigenvalue weighted by Crippen LogP contribution is -2.41. The monoisotopic (exact) mass is 241 g/mol. The second-order valence-electron chi connectivity index (χ2n) is 3.76. The lowest BCUT2D eigenvalue weighted by atomic mass is 10.2. The molecule has 0 fully saturated rings. The van der Waals surface area contributed by atoms with Gasteiger partial charge in [0.1, 0.15) is 5.01 Å². The van der Waals surface area contributed by atoms with Gasteiger partial charge >= 0.3 is 0 Å². The zero-order valence-electron chi connectivity index (χ0n) is 9.99. The van der Waals surface area contributed by atoms with Crippen molar-refractivity contribution in [3.8, 4) is 0 Å². The van der Waals surface area contributed by atoms with Crippen LogP contribution in [0.25, 0.3) is 0 Å². The van der Waals surface area contributed by atoms with Crippen LogP contribution >= 0.6 is 11.3 Å². The van der Waals surface area contributed by atoms with E-state index < -0.39 is 6.04 Å². The number of aromatic nitrogens is 1. The molecular formula is C11H19N3OS. The maximum atomic E-state index is 11.6. The summed E-state index contributed by atoms with van der Waals surface area (Å²) in [6.45, 7) is 5.92. The number of hydrogen-bond donors (Lipinski definition) is 2. The third-order valence-corrected chi connectivity index (χ3v) is 3.75. The van der Waals surface area contributed by atoms with Gasteiger partial charge in [-0.25, -0.2) is 4.98 Å². The van der Waals surface area contributed by atoms with Crippen LogP contribution in [-0.4, -0.2) is 16.9 Å². The Morgan fingerprint density at radius 2 is 2.31 bits per heavy atom. The van der Waals surface area contributed by atoms with Crippen molar-refractivity contribution in [2.75, 3.05) is 0 Å². The summed E-state index contributed by atoms with van der Waals surface area (Å²) in [5.41, 5.74) is 5.65. The molecule has 0 aliphatic carbocycles. The third-order valence-electron chi connectivity index (χ3n) is 2.43. The Labute approximate surface area is 100 Å². The van der Waals surface area contributed by atoms with E-state index in [1.54, 1.807) is 11.3 Å². The number of thiazole rings is 1. The highest BCUT2D eigenvalue weighted by Gasteiger charge is 2.16. The molecule has 1 amide bonds. The van der Waals surface area contributed by atoms with Crippen LogP contribution in [0.5, 0.6) is 0 Å². The van der Waals surface area contributed by atoms with E-state index in [1.165, 1.54) is 4.88 Å². The normalized spacial score (nSPS) is 14.5. The number of carbonyl (C=O) groups excluding carboxylic acids is 1. The van der Waals surface area contributed by atoms with Crippen molar-refractivity contribution in [3.63, 3.8) is 0 Å². The number of aryl methyl sites for hydroxylation is 1. The molecule has 1 unspecified atom stereocenters. The Hall–Kier alpha value is -0.940. The van der Waals surface area contributed by atoms with E-state index in [9.17, 15) is 4.79 Å². The molecule has 0 saturated carbocycles. The molecule has 5 heteroatoms. The van der Waals surface area contributed by atoms with Crippen LogP contribution in [0, 0.1) is 0 Å². The van der Waals surface area contributed by atoms with Crippen LogP contribution in [0.4, 0.5) is 0 Å². The Morgan fingerprint density at radius 3 is 2.81 bits per heavy atom. The molecule has 1 heterocycles. The van der Waals surface area contributed by atoms with Gasteiger partial charge in [0.25, 0.3) is 0 Å². The Bertz CT molecular complexity index is 351. The average Bonchev–Trinajstić information content (AvgIpc) is 2.76. The molecule has 0 aromatic carbocycles. The maximum Gasteiger partial charge on any atom is 0.237 e. The zero-order chi connectivity index (χ0) is 12.1. The van der Waals surface area contributed by atoms with Crippen LogP contribution in [-0.2, 0) is 11.2 Å². The SMILES string of the molecule is CCc1cnc(C(C)NC(=O)[C@H](N)CC)s1. The van der Waals surface area contributed by atoms with Gasteiger partial charge in [0.2, 0.25) is 5.91 Å². The zero-order valence-corrected chi connectivity index (χ0v) is 10.8. The van der Waals surface area contributed by atoms with Crippen LogP contribution in [0.3, 0.4) is 0 Å². The standard InChI is InChI=1S/C11H19N3OS/c1-4-8-6-13-11(16-8)7(3)14-10(15)9(12)5-2/h6-7,9H,4-5,12H2,1-3H3,(H,14,15)/t7?,9-/m1/s1. The summed E-state index contributed by atoms with van der Waals surface area (Å²) in [7, 11) is 0. The van der Waals surface area contributed by atoms with E-state index in [1.807, 2.05) is 20.0 Å². The van der Waals surface area contributed by atoms with Crippen molar-refractivity contribution >= 4 is 17.2 Å². The molecule has 0 aliphatic heterocycles. The summed E-state index contributed by atoms with van der Waals surface area (Å²) >= 11 is 1.64. The third kappa shape index (κ3) is 3.28. The number of nitrogens with one attached hydrogen (secondary N) is 1.